The van der Waals surface area contributed by atoms with Crippen LogP contribution in [0.15, 0.2) is 47.6 Å². The van der Waals surface area contributed by atoms with Crippen molar-refractivity contribution in [3.05, 3.63) is 74.3 Å². The monoisotopic (exact) mass is 317 g/mol. The average molecular weight is 318 g/mol. The number of rotatable bonds is 4. The molecule has 0 radical (unpaired) electrons. The molecule has 2 aromatic carbocycles. The SMILES string of the molecule is Cc1cc(C(=O)NN=Cc2ccccc2Cl)ccc1[N+](=O)[O-]. The van der Waals surface area contributed by atoms with Crippen LogP contribution in [0.2, 0.25) is 5.02 Å². The van der Waals surface area contributed by atoms with Gasteiger partial charge in [0.05, 0.1) is 11.1 Å². The minimum atomic E-state index is -0.493. The molecule has 0 aliphatic heterocycles. The van der Waals surface area contributed by atoms with E-state index in [1.165, 1.54) is 24.4 Å². The highest BCUT2D eigenvalue weighted by Crippen LogP contribution is 2.18. The number of carbonyl (C=O) groups is 1. The van der Waals surface area contributed by atoms with Gasteiger partial charge in [-0.2, -0.15) is 5.10 Å². The summed E-state index contributed by atoms with van der Waals surface area (Å²) in [5.74, 6) is -0.457. The summed E-state index contributed by atoms with van der Waals surface area (Å²) in [5.41, 5.74) is 3.69. The smallest absolute Gasteiger partial charge is 0.267 e. The Morgan fingerprint density at radius 1 is 1.32 bits per heavy atom. The van der Waals surface area contributed by atoms with Crippen molar-refractivity contribution in [1.82, 2.24) is 5.43 Å². The number of amides is 1. The quantitative estimate of drug-likeness (QED) is 0.533. The number of hydrogen-bond acceptors (Lipinski definition) is 4. The van der Waals surface area contributed by atoms with Gasteiger partial charge in [0.2, 0.25) is 0 Å². The van der Waals surface area contributed by atoms with Crippen LogP contribution in [0.5, 0.6) is 0 Å². The molecule has 6 nitrogen and oxygen atoms in total. The predicted molar refractivity (Wildman–Crippen MR) is 84.3 cm³/mol. The molecular formula is C15H12ClN3O3. The van der Waals surface area contributed by atoms with Crippen molar-refractivity contribution in [2.75, 3.05) is 0 Å². The van der Waals surface area contributed by atoms with Crippen molar-refractivity contribution >= 4 is 29.4 Å². The average Bonchev–Trinajstić information content (AvgIpc) is 2.48. The van der Waals surface area contributed by atoms with Crippen LogP contribution in [0.1, 0.15) is 21.5 Å². The molecule has 2 rings (SSSR count). The van der Waals surface area contributed by atoms with E-state index >= 15 is 0 Å². The first kappa shape index (κ1) is 15.7. The summed E-state index contributed by atoms with van der Waals surface area (Å²) in [6.07, 6.45) is 1.43. The minimum Gasteiger partial charge on any atom is -0.267 e. The molecule has 0 aliphatic carbocycles. The van der Waals surface area contributed by atoms with Crippen molar-refractivity contribution in [2.24, 2.45) is 5.10 Å². The van der Waals surface area contributed by atoms with Gasteiger partial charge in [-0.25, -0.2) is 5.43 Å². The summed E-state index contributed by atoms with van der Waals surface area (Å²) in [6, 6.07) is 11.2. The summed E-state index contributed by atoms with van der Waals surface area (Å²) in [5, 5.41) is 15.1. The number of hydrazone groups is 1. The normalized spacial score (nSPS) is 10.6. The highest BCUT2D eigenvalue weighted by molar-refractivity contribution is 6.33. The third kappa shape index (κ3) is 3.67. The molecule has 2 aromatic rings. The van der Waals surface area contributed by atoms with Crippen LogP contribution in [0.3, 0.4) is 0 Å². The maximum atomic E-state index is 11.9. The summed E-state index contributed by atoms with van der Waals surface area (Å²) in [6.45, 7) is 1.57. The Bertz CT molecular complexity index is 759. The second-order valence-electron chi connectivity index (χ2n) is 4.48. The molecule has 1 amide bonds. The van der Waals surface area contributed by atoms with E-state index in [4.69, 9.17) is 11.6 Å². The Morgan fingerprint density at radius 2 is 2.05 bits per heavy atom. The Labute approximate surface area is 131 Å². The summed E-state index contributed by atoms with van der Waals surface area (Å²) >= 11 is 5.96. The minimum absolute atomic E-state index is 0.0314. The van der Waals surface area contributed by atoms with Gasteiger partial charge < -0.3 is 0 Å². The van der Waals surface area contributed by atoms with E-state index in [1.54, 1.807) is 31.2 Å². The Morgan fingerprint density at radius 3 is 2.68 bits per heavy atom. The van der Waals surface area contributed by atoms with Gasteiger partial charge in [0, 0.05) is 27.8 Å². The number of nitro benzene ring substituents is 1. The Balaban J connectivity index is 2.08. The molecule has 0 aliphatic rings. The largest absolute Gasteiger partial charge is 0.272 e. The van der Waals surface area contributed by atoms with E-state index in [-0.39, 0.29) is 5.69 Å². The second-order valence-corrected chi connectivity index (χ2v) is 4.89. The van der Waals surface area contributed by atoms with Gasteiger partial charge in [0.15, 0.2) is 0 Å². The third-order valence-corrected chi connectivity index (χ3v) is 3.27. The van der Waals surface area contributed by atoms with E-state index in [9.17, 15) is 14.9 Å². The topological polar surface area (TPSA) is 84.6 Å². The van der Waals surface area contributed by atoms with Crippen LogP contribution in [0.4, 0.5) is 5.69 Å². The molecule has 0 spiro atoms. The Hall–Kier alpha value is -2.73. The molecule has 22 heavy (non-hydrogen) atoms. The van der Waals surface area contributed by atoms with Crippen LogP contribution >= 0.6 is 11.6 Å². The first-order chi connectivity index (χ1) is 10.5. The lowest BCUT2D eigenvalue weighted by Crippen LogP contribution is -2.17. The van der Waals surface area contributed by atoms with Crippen LogP contribution in [0, 0.1) is 17.0 Å². The van der Waals surface area contributed by atoms with Crippen molar-refractivity contribution in [1.29, 1.82) is 0 Å². The van der Waals surface area contributed by atoms with Crippen LogP contribution in [-0.2, 0) is 0 Å². The molecule has 0 aromatic heterocycles. The van der Waals surface area contributed by atoms with Gasteiger partial charge in [0.1, 0.15) is 0 Å². The number of hydrogen-bond donors (Lipinski definition) is 1. The molecule has 1 N–H and O–H groups in total. The van der Waals surface area contributed by atoms with E-state index in [1.807, 2.05) is 0 Å². The maximum Gasteiger partial charge on any atom is 0.272 e. The molecule has 0 heterocycles. The van der Waals surface area contributed by atoms with Crippen LogP contribution < -0.4 is 5.43 Å². The first-order valence-electron chi connectivity index (χ1n) is 6.32. The number of nitrogens with one attached hydrogen (secondary N) is 1. The summed E-state index contributed by atoms with van der Waals surface area (Å²) in [7, 11) is 0. The van der Waals surface area contributed by atoms with Gasteiger partial charge in [-0.1, -0.05) is 29.8 Å². The lowest BCUT2D eigenvalue weighted by molar-refractivity contribution is -0.385. The van der Waals surface area contributed by atoms with Gasteiger partial charge in [-0.3, -0.25) is 14.9 Å². The lowest BCUT2D eigenvalue weighted by Gasteiger charge is -2.02. The van der Waals surface area contributed by atoms with E-state index in [0.29, 0.717) is 21.7 Å². The zero-order valence-electron chi connectivity index (χ0n) is 11.6. The fourth-order valence-electron chi connectivity index (χ4n) is 1.81. The van der Waals surface area contributed by atoms with Crippen molar-refractivity contribution in [3.63, 3.8) is 0 Å². The fraction of sp³-hybridized carbons (Fsp3) is 0.0667. The van der Waals surface area contributed by atoms with E-state index < -0.39 is 10.8 Å². The van der Waals surface area contributed by atoms with Crippen LogP contribution in [0.25, 0.3) is 0 Å². The number of halogens is 1. The Kier molecular flexibility index (Phi) is 4.85. The zero-order chi connectivity index (χ0) is 16.1. The standard InChI is InChI=1S/C15H12ClN3O3/c1-10-8-11(6-7-14(10)19(21)22)15(20)18-17-9-12-4-2-3-5-13(12)16/h2-9H,1H3,(H,18,20). The second kappa shape index (κ2) is 6.82. The molecule has 0 saturated carbocycles. The maximum absolute atomic E-state index is 11.9. The van der Waals surface area contributed by atoms with Gasteiger partial charge >= 0.3 is 0 Å². The van der Waals surface area contributed by atoms with Gasteiger partial charge in [-0.05, 0) is 25.1 Å². The van der Waals surface area contributed by atoms with Crippen molar-refractivity contribution < 1.29 is 9.72 Å². The molecule has 0 atom stereocenters. The van der Waals surface area contributed by atoms with Crippen LogP contribution in [-0.4, -0.2) is 17.0 Å². The molecule has 7 heteroatoms. The lowest BCUT2D eigenvalue weighted by atomic mass is 10.1. The van der Waals surface area contributed by atoms with Gasteiger partial charge in [-0.15, -0.1) is 0 Å². The molecule has 0 unspecified atom stereocenters. The summed E-state index contributed by atoms with van der Waals surface area (Å²) in [4.78, 5) is 22.2. The number of nitro groups is 1. The first-order valence-corrected chi connectivity index (χ1v) is 6.70. The zero-order valence-corrected chi connectivity index (χ0v) is 12.4. The molecule has 0 bridgehead atoms. The summed E-state index contributed by atoms with van der Waals surface area (Å²) < 4.78 is 0. The molecule has 112 valence electrons. The number of carbonyl (C=O) groups excluding carboxylic acids is 1. The van der Waals surface area contributed by atoms with E-state index in [2.05, 4.69) is 10.5 Å². The highest BCUT2D eigenvalue weighted by atomic mass is 35.5. The van der Waals surface area contributed by atoms with Crippen molar-refractivity contribution in [2.45, 2.75) is 6.92 Å². The molecule has 0 saturated heterocycles. The third-order valence-electron chi connectivity index (χ3n) is 2.93. The van der Waals surface area contributed by atoms with Crippen molar-refractivity contribution in [3.8, 4) is 0 Å². The number of benzene rings is 2. The predicted octanol–water partition coefficient (Wildman–Crippen LogP) is 3.32. The van der Waals surface area contributed by atoms with E-state index in [0.717, 1.165) is 0 Å². The molecular weight excluding hydrogens is 306 g/mol. The van der Waals surface area contributed by atoms with Gasteiger partial charge in [0.25, 0.3) is 11.6 Å². The number of nitrogens with zero attached hydrogens (tertiary/aromatic N) is 2. The fourth-order valence-corrected chi connectivity index (χ4v) is 1.99. The highest BCUT2D eigenvalue weighted by Gasteiger charge is 2.13. The molecule has 0 fully saturated rings. The number of aryl methyl sites for hydroxylation is 1.